The van der Waals surface area contributed by atoms with Crippen LogP contribution in [-0.2, 0) is 4.79 Å². The molecule has 0 aromatic carbocycles. The van der Waals surface area contributed by atoms with Crippen LogP contribution in [0, 0.1) is 5.92 Å². The van der Waals surface area contributed by atoms with Gasteiger partial charge in [0.05, 0.1) is 18.4 Å². The molecule has 2 rings (SSSR count). The third-order valence-corrected chi connectivity index (χ3v) is 3.82. The molecule has 2 aliphatic heterocycles. The standard InChI is InChI=1S/C14H20N4O3/c1-5-9(7-19)16-11-8(2)6-15-12-10(11)13(20)18(4)14(21)17(12)3/h6,9-10,19H,5,7H2,1-4H3. The second-order valence-corrected chi connectivity index (χ2v) is 5.23. The van der Waals surface area contributed by atoms with Crippen LogP contribution in [0.2, 0.25) is 0 Å². The minimum absolute atomic E-state index is 0.0781. The first-order chi connectivity index (χ1) is 9.92. The molecule has 0 aliphatic carbocycles. The number of aliphatic imine (C=N–C) groups is 2. The van der Waals surface area contributed by atoms with Gasteiger partial charge in [0.25, 0.3) is 0 Å². The predicted octanol–water partition coefficient (Wildman–Crippen LogP) is 0.654. The van der Waals surface area contributed by atoms with Crippen LogP contribution in [-0.4, -0.2) is 65.1 Å². The Labute approximate surface area is 123 Å². The van der Waals surface area contributed by atoms with Gasteiger partial charge in [0.15, 0.2) is 0 Å². The molecule has 7 heteroatoms. The van der Waals surface area contributed by atoms with Gasteiger partial charge in [-0.25, -0.2) is 9.79 Å². The molecule has 2 unspecified atom stereocenters. The number of carbonyl (C=O) groups is 2. The lowest BCUT2D eigenvalue weighted by Crippen LogP contribution is -2.59. The fourth-order valence-corrected chi connectivity index (χ4v) is 2.41. The average molecular weight is 292 g/mol. The first-order valence-electron chi connectivity index (χ1n) is 6.91. The molecule has 2 atom stereocenters. The Morgan fingerprint density at radius 2 is 2.05 bits per heavy atom. The zero-order valence-electron chi connectivity index (χ0n) is 12.7. The van der Waals surface area contributed by atoms with Gasteiger partial charge >= 0.3 is 6.03 Å². The van der Waals surface area contributed by atoms with Gasteiger partial charge in [0, 0.05) is 20.3 Å². The third kappa shape index (κ3) is 2.49. The Kier molecular flexibility index (Phi) is 4.22. The largest absolute Gasteiger partial charge is 0.394 e. The summed E-state index contributed by atoms with van der Waals surface area (Å²) >= 11 is 0. The highest BCUT2D eigenvalue weighted by Crippen LogP contribution is 2.25. The summed E-state index contributed by atoms with van der Waals surface area (Å²) in [5.41, 5.74) is 1.36. The first kappa shape index (κ1) is 15.4. The molecule has 21 heavy (non-hydrogen) atoms. The van der Waals surface area contributed by atoms with Crippen molar-refractivity contribution in [1.82, 2.24) is 9.80 Å². The Balaban J connectivity index is 2.50. The number of carbonyl (C=O) groups excluding carboxylic acids is 2. The van der Waals surface area contributed by atoms with Crippen molar-refractivity contribution in [2.75, 3.05) is 20.7 Å². The van der Waals surface area contributed by atoms with Gasteiger partial charge in [-0.05, 0) is 18.9 Å². The topological polar surface area (TPSA) is 85.6 Å². The number of hydrogen-bond donors (Lipinski definition) is 1. The number of amidine groups is 1. The van der Waals surface area contributed by atoms with E-state index in [2.05, 4.69) is 9.98 Å². The van der Waals surface area contributed by atoms with Crippen LogP contribution in [0.5, 0.6) is 0 Å². The van der Waals surface area contributed by atoms with Crippen LogP contribution in [0.25, 0.3) is 0 Å². The van der Waals surface area contributed by atoms with E-state index in [0.717, 1.165) is 10.5 Å². The van der Waals surface area contributed by atoms with E-state index < -0.39 is 11.9 Å². The molecule has 0 spiro atoms. The summed E-state index contributed by atoms with van der Waals surface area (Å²) in [6.45, 7) is 3.67. The van der Waals surface area contributed by atoms with Crippen molar-refractivity contribution in [3.8, 4) is 0 Å². The quantitative estimate of drug-likeness (QED) is 0.829. The van der Waals surface area contributed by atoms with E-state index in [1.165, 1.54) is 11.9 Å². The van der Waals surface area contributed by atoms with Crippen LogP contribution in [0.15, 0.2) is 21.8 Å². The summed E-state index contributed by atoms with van der Waals surface area (Å²) in [4.78, 5) is 35.6. The van der Waals surface area contributed by atoms with Crippen molar-refractivity contribution in [1.29, 1.82) is 0 Å². The second kappa shape index (κ2) is 5.77. The monoisotopic (exact) mass is 292 g/mol. The van der Waals surface area contributed by atoms with Crippen molar-refractivity contribution >= 4 is 23.5 Å². The number of imide groups is 1. The average Bonchev–Trinajstić information content (AvgIpc) is 2.49. The van der Waals surface area contributed by atoms with Gasteiger partial charge in [-0.15, -0.1) is 0 Å². The lowest BCUT2D eigenvalue weighted by Gasteiger charge is -2.37. The van der Waals surface area contributed by atoms with Crippen molar-refractivity contribution in [3.63, 3.8) is 0 Å². The number of nitrogens with zero attached hydrogens (tertiary/aromatic N) is 4. The highest BCUT2D eigenvalue weighted by atomic mass is 16.3. The summed E-state index contributed by atoms with van der Waals surface area (Å²) in [6, 6.07) is -0.666. The minimum atomic E-state index is -0.678. The summed E-state index contributed by atoms with van der Waals surface area (Å²) < 4.78 is 0. The van der Waals surface area contributed by atoms with Crippen molar-refractivity contribution in [3.05, 3.63) is 11.8 Å². The summed E-state index contributed by atoms with van der Waals surface area (Å²) in [5.74, 6) is -0.626. The van der Waals surface area contributed by atoms with E-state index in [0.29, 0.717) is 18.0 Å². The van der Waals surface area contributed by atoms with Crippen LogP contribution < -0.4 is 0 Å². The first-order valence-corrected chi connectivity index (χ1v) is 6.91. The van der Waals surface area contributed by atoms with E-state index in [4.69, 9.17) is 0 Å². The van der Waals surface area contributed by atoms with Crippen molar-refractivity contribution in [2.45, 2.75) is 26.3 Å². The number of aliphatic hydroxyl groups is 1. The second-order valence-electron chi connectivity index (χ2n) is 5.23. The minimum Gasteiger partial charge on any atom is -0.394 e. The summed E-state index contributed by atoms with van der Waals surface area (Å²) in [6.07, 6.45) is 2.28. The van der Waals surface area contributed by atoms with Gasteiger partial charge in [-0.3, -0.25) is 19.6 Å². The van der Waals surface area contributed by atoms with Crippen molar-refractivity contribution < 1.29 is 14.7 Å². The Morgan fingerprint density at radius 3 is 2.62 bits per heavy atom. The van der Waals surface area contributed by atoms with Crippen LogP contribution in [0.3, 0.4) is 0 Å². The van der Waals surface area contributed by atoms with Gasteiger partial charge < -0.3 is 5.11 Å². The molecule has 1 saturated heterocycles. The summed E-state index contributed by atoms with van der Waals surface area (Å²) in [7, 11) is 3.04. The fraction of sp³-hybridized carbons (Fsp3) is 0.571. The fourth-order valence-electron chi connectivity index (χ4n) is 2.41. The highest BCUT2D eigenvalue weighted by Gasteiger charge is 2.45. The number of fused-ring (bicyclic) bond motifs is 1. The number of urea groups is 1. The SMILES string of the molecule is CCC(CO)N=C1C(C)=CN=C2C1C(=O)N(C)C(=O)N2C. The van der Waals surface area contributed by atoms with Gasteiger partial charge in [0.2, 0.25) is 5.91 Å². The van der Waals surface area contributed by atoms with Crippen LogP contribution >= 0.6 is 0 Å². The molecular weight excluding hydrogens is 272 g/mol. The molecule has 2 aliphatic rings. The molecule has 0 saturated carbocycles. The maximum atomic E-state index is 12.5. The smallest absolute Gasteiger partial charge is 0.331 e. The Morgan fingerprint density at radius 1 is 1.38 bits per heavy atom. The van der Waals surface area contributed by atoms with Crippen molar-refractivity contribution in [2.24, 2.45) is 15.9 Å². The maximum absolute atomic E-state index is 12.5. The molecule has 1 fully saturated rings. The van der Waals surface area contributed by atoms with E-state index in [-0.39, 0.29) is 18.6 Å². The number of aliphatic hydroxyl groups excluding tert-OH is 1. The molecular formula is C14H20N4O3. The van der Waals surface area contributed by atoms with E-state index in [1.54, 1.807) is 13.2 Å². The zero-order chi connectivity index (χ0) is 15.7. The molecule has 0 aromatic rings. The maximum Gasteiger partial charge on any atom is 0.331 e. The predicted molar refractivity (Wildman–Crippen MR) is 79.2 cm³/mol. The zero-order valence-corrected chi connectivity index (χ0v) is 12.7. The third-order valence-electron chi connectivity index (χ3n) is 3.82. The number of allylic oxidation sites excluding steroid dienone is 1. The molecule has 3 amide bonds. The molecule has 1 N–H and O–H groups in total. The van der Waals surface area contributed by atoms with E-state index in [1.807, 2.05) is 13.8 Å². The van der Waals surface area contributed by atoms with Crippen LogP contribution in [0.4, 0.5) is 4.79 Å². The number of hydrogen-bond acceptors (Lipinski definition) is 5. The molecule has 0 aromatic heterocycles. The van der Waals surface area contributed by atoms with Gasteiger partial charge in [0.1, 0.15) is 11.8 Å². The lowest BCUT2D eigenvalue weighted by atomic mass is 9.90. The van der Waals surface area contributed by atoms with E-state index >= 15 is 0 Å². The Bertz CT molecular complexity index is 561. The molecule has 7 nitrogen and oxygen atoms in total. The summed E-state index contributed by atoms with van der Waals surface area (Å²) in [5, 5.41) is 9.33. The normalized spacial score (nSPS) is 25.8. The Hall–Kier alpha value is -2.02. The van der Waals surface area contributed by atoms with E-state index in [9.17, 15) is 14.7 Å². The molecule has 0 bridgehead atoms. The molecule has 114 valence electrons. The van der Waals surface area contributed by atoms with Crippen LogP contribution in [0.1, 0.15) is 20.3 Å². The van der Waals surface area contributed by atoms with Gasteiger partial charge in [-0.2, -0.15) is 0 Å². The number of rotatable bonds is 3. The van der Waals surface area contributed by atoms with Gasteiger partial charge in [-0.1, -0.05) is 6.92 Å². The lowest BCUT2D eigenvalue weighted by molar-refractivity contribution is -0.128. The molecule has 2 heterocycles. The molecule has 0 radical (unpaired) electrons. The highest BCUT2D eigenvalue weighted by molar-refractivity contribution is 6.33. The number of amides is 3.